The van der Waals surface area contributed by atoms with Crippen LogP contribution in [0.5, 0.6) is 0 Å². The Morgan fingerprint density at radius 1 is 1.53 bits per heavy atom. The van der Waals surface area contributed by atoms with Crippen molar-refractivity contribution in [2.24, 2.45) is 5.92 Å². The molecule has 1 heterocycles. The van der Waals surface area contributed by atoms with Crippen LogP contribution in [0, 0.1) is 5.92 Å². The third-order valence-electron chi connectivity index (χ3n) is 3.17. The normalized spacial score (nSPS) is 25.9. The zero-order valence-corrected chi connectivity index (χ0v) is 10.2. The molecule has 0 aliphatic heterocycles. The molecule has 0 spiro atoms. The van der Waals surface area contributed by atoms with Crippen molar-refractivity contribution in [2.75, 3.05) is 6.54 Å². The SMILES string of the molecule is CCCNC1CCC(Cc2nccs2)C1. The Kier molecular flexibility index (Phi) is 4.15. The summed E-state index contributed by atoms with van der Waals surface area (Å²) in [6.45, 7) is 3.41. The van der Waals surface area contributed by atoms with Gasteiger partial charge in [0.25, 0.3) is 0 Å². The maximum absolute atomic E-state index is 4.37. The molecule has 1 fully saturated rings. The number of aromatic nitrogens is 1. The van der Waals surface area contributed by atoms with Gasteiger partial charge in [0.2, 0.25) is 0 Å². The molecule has 1 saturated carbocycles. The summed E-state index contributed by atoms with van der Waals surface area (Å²) in [4.78, 5) is 4.37. The summed E-state index contributed by atoms with van der Waals surface area (Å²) >= 11 is 1.80. The minimum Gasteiger partial charge on any atom is -0.314 e. The minimum atomic E-state index is 0.773. The van der Waals surface area contributed by atoms with Crippen molar-refractivity contribution in [1.82, 2.24) is 10.3 Å². The van der Waals surface area contributed by atoms with Crippen LogP contribution in [0.1, 0.15) is 37.6 Å². The van der Waals surface area contributed by atoms with Crippen LogP contribution < -0.4 is 5.32 Å². The highest BCUT2D eigenvalue weighted by Gasteiger charge is 2.24. The molecular formula is C12H20N2S. The first kappa shape index (κ1) is 11.1. The van der Waals surface area contributed by atoms with E-state index in [1.807, 2.05) is 6.20 Å². The molecule has 0 bridgehead atoms. The topological polar surface area (TPSA) is 24.9 Å². The first-order chi connectivity index (χ1) is 7.38. The van der Waals surface area contributed by atoms with Crippen molar-refractivity contribution in [3.05, 3.63) is 16.6 Å². The number of nitrogens with zero attached hydrogens (tertiary/aromatic N) is 1. The molecule has 2 atom stereocenters. The van der Waals surface area contributed by atoms with Crippen molar-refractivity contribution in [3.8, 4) is 0 Å². The molecule has 2 unspecified atom stereocenters. The standard InChI is InChI=1S/C12H20N2S/c1-2-5-13-11-4-3-10(8-11)9-12-14-6-7-15-12/h6-7,10-11,13H,2-5,8-9H2,1H3. The van der Waals surface area contributed by atoms with E-state index in [-0.39, 0.29) is 0 Å². The Labute approximate surface area is 96.1 Å². The lowest BCUT2D eigenvalue weighted by atomic mass is 10.0. The predicted molar refractivity (Wildman–Crippen MR) is 65.2 cm³/mol. The number of rotatable bonds is 5. The average molecular weight is 224 g/mol. The van der Waals surface area contributed by atoms with Gasteiger partial charge in [-0.2, -0.15) is 0 Å². The summed E-state index contributed by atoms with van der Waals surface area (Å²) in [7, 11) is 0. The van der Waals surface area contributed by atoms with E-state index in [0.717, 1.165) is 12.0 Å². The van der Waals surface area contributed by atoms with E-state index >= 15 is 0 Å². The smallest absolute Gasteiger partial charge is 0.0927 e. The van der Waals surface area contributed by atoms with Gasteiger partial charge in [0.05, 0.1) is 5.01 Å². The van der Waals surface area contributed by atoms with E-state index in [2.05, 4.69) is 22.6 Å². The fourth-order valence-electron chi connectivity index (χ4n) is 2.39. The monoisotopic (exact) mass is 224 g/mol. The molecule has 1 aliphatic rings. The zero-order valence-electron chi connectivity index (χ0n) is 9.41. The second kappa shape index (κ2) is 5.61. The van der Waals surface area contributed by atoms with Crippen LogP contribution in [0.2, 0.25) is 0 Å². The highest BCUT2D eigenvalue weighted by molar-refractivity contribution is 7.09. The first-order valence-electron chi connectivity index (χ1n) is 6.00. The molecule has 1 N–H and O–H groups in total. The molecule has 1 aliphatic carbocycles. The molecule has 2 nitrogen and oxygen atoms in total. The lowest BCUT2D eigenvalue weighted by Gasteiger charge is -2.11. The van der Waals surface area contributed by atoms with Crippen molar-refractivity contribution in [2.45, 2.75) is 45.1 Å². The molecule has 3 heteroatoms. The average Bonchev–Trinajstić information content (AvgIpc) is 2.87. The van der Waals surface area contributed by atoms with Gasteiger partial charge in [0.1, 0.15) is 0 Å². The van der Waals surface area contributed by atoms with Crippen LogP contribution in [-0.4, -0.2) is 17.6 Å². The van der Waals surface area contributed by atoms with Gasteiger partial charge < -0.3 is 5.32 Å². The van der Waals surface area contributed by atoms with E-state index in [4.69, 9.17) is 0 Å². The summed E-state index contributed by atoms with van der Waals surface area (Å²) in [5, 5.41) is 7.02. The largest absolute Gasteiger partial charge is 0.314 e. The van der Waals surface area contributed by atoms with Gasteiger partial charge in [-0.3, -0.25) is 0 Å². The van der Waals surface area contributed by atoms with Gasteiger partial charge >= 0.3 is 0 Å². The summed E-state index contributed by atoms with van der Waals surface area (Å²) in [6, 6.07) is 0.773. The van der Waals surface area contributed by atoms with Crippen LogP contribution >= 0.6 is 11.3 Å². The van der Waals surface area contributed by atoms with Crippen LogP contribution in [0.4, 0.5) is 0 Å². The predicted octanol–water partition coefficient (Wildman–Crippen LogP) is 2.85. The number of hydrogen-bond donors (Lipinski definition) is 1. The quantitative estimate of drug-likeness (QED) is 0.832. The Morgan fingerprint density at radius 2 is 2.47 bits per heavy atom. The van der Waals surface area contributed by atoms with Crippen molar-refractivity contribution < 1.29 is 0 Å². The van der Waals surface area contributed by atoms with Crippen LogP contribution in [0.3, 0.4) is 0 Å². The molecule has 1 aromatic rings. The van der Waals surface area contributed by atoms with Gasteiger partial charge in [0.15, 0.2) is 0 Å². The van der Waals surface area contributed by atoms with E-state index in [0.29, 0.717) is 0 Å². The van der Waals surface area contributed by atoms with Gasteiger partial charge in [-0.1, -0.05) is 6.92 Å². The van der Waals surface area contributed by atoms with Crippen molar-refractivity contribution in [1.29, 1.82) is 0 Å². The second-order valence-electron chi connectivity index (χ2n) is 4.46. The molecule has 0 aromatic carbocycles. The van der Waals surface area contributed by atoms with Crippen LogP contribution in [0.25, 0.3) is 0 Å². The summed E-state index contributed by atoms with van der Waals surface area (Å²) < 4.78 is 0. The molecule has 1 aromatic heterocycles. The molecule has 0 amide bonds. The zero-order chi connectivity index (χ0) is 10.5. The van der Waals surface area contributed by atoms with Gasteiger partial charge in [0, 0.05) is 24.0 Å². The van der Waals surface area contributed by atoms with Crippen LogP contribution in [0.15, 0.2) is 11.6 Å². The fourth-order valence-corrected chi connectivity index (χ4v) is 3.13. The summed E-state index contributed by atoms with van der Waals surface area (Å²) in [5.74, 6) is 0.866. The van der Waals surface area contributed by atoms with Gasteiger partial charge in [-0.25, -0.2) is 4.98 Å². The van der Waals surface area contributed by atoms with Gasteiger partial charge in [-0.05, 0) is 38.1 Å². The van der Waals surface area contributed by atoms with Crippen molar-refractivity contribution >= 4 is 11.3 Å². The summed E-state index contributed by atoms with van der Waals surface area (Å²) in [6.07, 6.45) is 8.44. The second-order valence-corrected chi connectivity index (χ2v) is 5.44. The molecule has 15 heavy (non-hydrogen) atoms. The molecule has 0 radical (unpaired) electrons. The molecular weight excluding hydrogens is 204 g/mol. The molecule has 0 saturated heterocycles. The Balaban J connectivity index is 1.73. The van der Waals surface area contributed by atoms with E-state index in [1.54, 1.807) is 11.3 Å². The third kappa shape index (κ3) is 3.28. The van der Waals surface area contributed by atoms with Crippen molar-refractivity contribution in [3.63, 3.8) is 0 Å². The molecule has 2 rings (SSSR count). The Morgan fingerprint density at radius 3 is 3.20 bits per heavy atom. The first-order valence-corrected chi connectivity index (χ1v) is 6.88. The van der Waals surface area contributed by atoms with E-state index in [9.17, 15) is 0 Å². The fraction of sp³-hybridized carbons (Fsp3) is 0.750. The van der Waals surface area contributed by atoms with E-state index < -0.39 is 0 Å². The minimum absolute atomic E-state index is 0.773. The Hall–Kier alpha value is -0.410. The third-order valence-corrected chi connectivity index (χ3v) is 3.97. The number of thiazole rings is 1. The number of hydrogen-bond acceptors (Lipinski definition) is 3. The maximum Gasteiger partial charge on any atom is 0.0927 e. The lowest BCUT2D eigenvalue weighted by Crippen LogP contribution is -2.27. The highest BCUT2D eigenvalue weighted by atomic mass is 32.1. The lowest BCUT2D eigenvalue weighted by molar-refractivity contribution is 0.483. The summed E-state index contributed by atoms with van der Waals surface area (Å²) in [5.41, 5.74) is 0. The maximum atomic E-state index is 4.37. The van der Waals surface area contributed by atoms with Crippen LogP contribution in [-0.2, 0) is 6.42 Å². The highest BCUT2D eigenvalue weighted by Crippen LogP contribution is 2.29. The molecule has 84 valence electrons. The Bertz CT molecular complexity index is 271. The van der Waals surface area contributed by atoms with E-state index in [1.165, 1.54) is 43.7 Å². The number of nitrogens with one attached hydrogen (secondary N) is 1. The van der Waals surface area contributed by atoms with Gasteiger partial charge in [-0.15, -0.1) is 11.3 Å².